The van der Waals surface area contributed by atoms with Gasteiger partial charge in [-0.3, -0.25) is 0 Å². The molecule has 1 atom stereocenters. The van der Waals surface area contributed by atoms with E-state index in [1.807, 2.05) is 45.0 Å². The molecule has 0 aromatic heterocycles. The van der Waals surface area contributed by atoms with E-state index >= 15 is 0 Å². The molecule has 2 nitrogen and oxygen atoms in total. The van der Waals surface area contributed by atoms with Crippen LogP contribution in [0.4, 0.5) is 0 Å². The van der Waals surface area contributed by atoms with Gasteiger partial charge in [-0.2, -0.15) is 0 Å². The standard InChI is InChI=1S/C13H19ClO2S/c1-4-16-13(2,3)12(15)9-17-11-7-5-6-10(14)8-11/h5-8,12,15H,4,9H2,1-3H3. The van der Waals surface area contributed by atoms with Gasteiger partial charge in [0, 0.05) is 22.3 Å². The van der Waals surface area contributed by atoms with Gasteiger partial charge in [-0.1, -0.05) is 17.7 Å². The van der Waals surface area contributed by atoms with Crippen molar-refractivity contribution in [2.75, 3.05) is 12.4 Å². The molecule has 1 N–H and O–H groups in total. The first kappa shape index (κ1) is 14.8. The van der Waals surface area contributed by atoms with Crippen molar-refractivity contribution in [3.63, 3.8) is 0 Å². The fourth-order valence-electron chi connectivity index (χ4n) is 1.40. The number of hydrogen-bond acceptors (Lipinski definition) is 3. The summed E-state index contributed by atoms with van der Waals surface area (Å²) in [6.07, 6.45) is -0.508. The van der Waals surface area contributed by atoms with Crippen LogP contribution >= 0.6 is 23.4 Å². The lowest BCUT2D eigenvalue weighted by Gasteiger charge is -2.30. The number of benzene rings is 1. The lowest BCUT2D eigenvalue weighted by atomic mass is 10.0. The Hall–Kier alpha value is -0.220. The second kappa shape index (κ2) is 6.64. The van der Waals surface area contributed by atoms with E-state index in [0.717, 1.165) is 4.90 Å². The highest BCUT2D eigenvalue weighted by Crippen LogP contribution is 2.25. The van der Waals surface area contributed by atoms with Crippen LogP contribution in [-0.2, 0) is 4.74 Å². The van der Waals surface area contributed by atoms with Crippen LogP contribution in [0.25, 0.3) is 0 Å². The fourth-order valence-corrected chi connectivity index (χ4v) is 2.79. The summed E-state index contributed by atoms with van der Waals surface area (Å²) in [7, 11) is 0. The van der Waals surface area contributed by atoms with Crippen LogP contribution in [0.5, 0.6) is 0 Å². The summed E-state index contributed by atoms with van der Waals surface area (Å²) in [5.74, 6) is 0.591. The van der Waals surface area contributed by atoms with Crippen LogP contribution in [0, 0.1) is 0 Å². The summed E-state index contributed by atoms with van der Waals surface area (Å²) < 4.78 is 5.51. The fraction of sp³-hybridized carbons (Fsp3) is 0.538. The van der Waals surface area contributed by atoms with Crippen molar-refractivity contribution in [2.24, 2.45) is 0 Å². The molecule has 0 bridgehead atoms. The van der Waals surface area contributed by atoms with E-state index in [2.05, 4.69) is 0 Å². The lowest BCUT2D eigenvalue weighted by molar-refractivity contribution is -0.0867. The van der Waals surface area contributed by atoms with Crippen molar-refractivity contribution in [3.05, 3.63) is 29.3 Å². The monoisotopic (exact) mass is 274 g/mol. The third-order valence-electron chi connectivity index (χ3n) is 2.52. The molecule has 1 rings (SSSR count). The van der Waals surface area contributed by atoms with E-state index in [1.165, 1.54) is 0 Å². The van der Waals surface area contributed by atoms with Crippen LogP contribution in [0.2, 0.25) is 5.02 Å². The summed E-state index contributed by atoms with van der Waals surface area (Å²) in [5, 5.41) is 10.8. The summed E-state index contributed by atoms with van der Waals surface area (Å²) in [6, 6.07) is 7.63. The number of thioether (sulfide) groups is 1. The Morgan fingerprint density at radius 2 is 2.18 bits per heavy atom. The van der Waals surface area contributed by atoms with Gasteiger partial charge in [0.2, 0.25) is 0 Å². The zero-order valence-electron chi connectivity index (χ0n) is 10.4. The molecule has 1 aromatic rings. The van der Waals surface area contributed by atoms with E-state index in [9.17, 15) is 5.11 Å². The average molecular weight is 275 g/mol. The van der Waals surface area contributed by atoms with Crippen LogP contribution in [0.1, 0.15) is 20.8 Å². The molecule has 0 saturated heterocycles. The number of aliphatic hydroxyl groups excluding tert-OH is 1. The van der Waals surface area contributed by atoms with Gasteiger partial charge in [0.05, 0.1) is 11.7 Å². The molecule has 0 amide bonds. The Bertz CT molecular complexity index is 355. The third-order valence-corrected chi connectivity index (χ3v) is 3.83. The normalized spacial score (nSPS) is 13.7. The minimum Gasteiger partial charge on any atom is -0.389 e. The van der Waals surface area contributed by atoms with Crippen molar-refractivity contribution in [1.29, 1.82) is 0 Å². The first-order chi connectivity index (χ1) is 7.95. The lowest BCUT2D eigenvalue weighted by Crippen LogP contribution is -2.40. The highest BCUT2D eigenvalue weighted by Gasteiger charge is 2.28. The van der Waals surface area contributed by atoms with Crippen LogP contribution < -0.4 is 0 Å². The molecule has 0 saturated carbocycles. The van der Waals surface area contributed by atoms with Crippen molar-refractivity contribution in [2.45, 2.75) is 37.4 Å². The van der Waals surface area contributed by atoms with E-state index in [0.29, 0.717) is 17.4 Å². The number of halogens is 1. The number of hydrogen-bond donors (Lipinski definition) is 1. The number of aliphatic hydroxyl groups is 1. The molecule has 4 heteroatoms. The minimum absolute atomic E-state index is 0.508. The van der Waals surface area contributed by atoms with E-state index in [4.69, 9.17) is 16.3 Å². The molecule has 0 aliphatic heterocycles. The van der Waals surface area contributed by atoms with Crippen molar-refractivity contribution in [1.82, 2.24) is 0 Å². The summed E-state index contributed by atoms with van der Waals surface area (Å²) in [5.41, 5.74) is -0.514. The van der Waals surface area contributed by atoms with E-state index in [-0.39, 0.29) is 0 Å². The van der Waals surface area contributed by atoms with Gasteiger partial charge >= 0.3 is 0 Å². The molecule has 0 spiro atoms. The molecule has 0 aliphatic carbocycles. The first-order valence-electron chi connectivity index (χ1n) is 5.66. The summed E-state index contributed by atoms with van der Waals surface area (Å²) in [4.78, 5) is 1.06. The molecular formula is C13H19ClO2S. The van der Waals surface area contributed by atoms with Gasteiger partial charge in [0.15, 0.2) is 0 Å². The maximum absolute atomic E-state index is 10.1. The zero-order valence-corrected chi connectivity index (χ0v) is 12.0. The largest absolute Gasteiger partial charge is 0.389 e. The molecular weight excluding hydrogens is 256 g/mol. The second-order valence-corrected chi connectivity index (χ2v) is 5.85. The van der Waals surface area contributed by atoms with Crippen molar-refractivity contribution in [3.8, 4) is 0 Å². The van der Waals surface area contributed by atoms with Gasteiger partial charge in [-0.25, -0.2) is 0 Å². The molecule has 0 radical (unpaired) electrons. The highest BCUT2D eigenvalue weighted by molar-refractivity contribution is 7.99. The second-order valence-electron chi connectivity index (χ2n) is 4.32. The quantitative estimate of drug-likeness (QED) is 0.804. The molecule has 96 valence electrons. The van der Waals surface area contributed by atoms with Gasteiger partial charge < -0.3 is 9.84 Å². The summed E-state index contributed by atoms with van der Waals surface area (Å²) in [6.45, 7) is 6.34. The maximum Gasteiger partial charge on any atom is 0.0918 e. The Kier molecular flexibility index (Phi) is 5.80. The smallest absolute Gasteiger partial charge is 0.0918 e. The Balaban J connectivity index is 2.50. The Morgan fingerprint density at radius 3 is 2.76 bits per heavy atom. The topological polar surface area (TPSA) is 29.5 Å². The van der Waals surface area contributed by atoms with Crippen molar-refractivity contribution < 1.29 is 9.84 Å². The minimum atomic E-state index is -0.514. The van der Waals surface area contributed by atoms with Gasteiger partial charge in [-0.05, 0) is 39.0 Å². The molecule has 1 aromatic carbocycles. The highest BCUT2D eigenvalue weighted by atomic mass is 35.5. The van der Waals surface area contributed by atoms with Gasteiger partial charge in [0.1, 0.15) is 0 Å². The first-order valence-corrected chi connectivity index (χ1v) is 7.02. The zero-order chi connectivity index (χ0) is 12.9. The molecule has 0 aliphatic rings. The third kappa shape index (κ3) is 4.88. The number of rotatable bonds is 6. The van der Waals surface area contributed by atoms with Crippen molar-refractivity contribution >= 4 is 23.4 Å². The molecule has 1 unspecified atom stereocenters. The summed E-state index contributed by atoms with van der Waals surface area (Å²) >= 11 is 7.48. The molecule has 0 fully saturated rings. The molecule has 17 heavy (non-hydrogen) atoms. The Morgan fingerprint density at radius 1 is 1.47 bits per heavy atom. The number of ether oxygens (including phenoxy) is 1. The van der Waals surface area contributed by atoms with Crippen LogP contribution in [0.3, 0.4) is 0 Å². The van der Waals surface area contributed by atoms with Crippen LogP contribution in [0.15, 0.2) is 29.2 Å². The van der Waals surface area contributed by atoms with Gasteiger partial charge in [0.25, 0.3) is 0 Å². The average Bonchev–Trinajstić information content (AvgIpc) is 2.26. The van der Waals surface area contributed by atoms with Gasteiger partial charge in [-0.15, -0.1) is 11.8 Å². The van der Waals surface area contributed by atoms with Crippen LogP contribution in [-0.4, -0.2) is 29.2 Å². The predicted molar refractivity (Wildman–Crippen MR) is 73.9 cm³/mol. The Labute approximate surface area is 112 Å². The van der Waals surface area contributed by atoms with E-state index < -0.39 is 11.7 Å². The van der Waals surface area contributed by atoms with E-state index in [1.54, 1.807) is 11.8 Å². The SMILES string of the molecule is CCOC(C)(C)C(O)CSc1cccc(Cl)c1. The molecule has 0 heterocycles. The maximum atomic E-state index is 10.1. The predicted octanol–water partition coefficient (Wildman–Crippen LogP) is 3.61.